The maximum absolute atomic E-state index is 12.9. The topological polar surface area (TPSA) is 115 Å². The van der Waals surface area contributed by atoms with Gasteiger partial charge in [-0.2, -0.15) is 15.2 Å². The number of anilines is 2. The largest absolute Gasteiger partial charge is 0.506 e. The lowest BCUT2D eigenvalue weighted by atomic mass is 10.0. The summed E-state index contributed by atoms with van der Waals surface area (Å²) in [6.07, 6.45) is 0. The quantitative estimate of drug-likeness (QED) is 0.466. The molecule has 1 amide bonds. The molecule has 3 aromatic carbocycles. The van der Waals surface area contributed by atoms with Gasteiger partial charge in [0.1, 0.15) is 11.3 Å². The Labute approximate surface area is 194 Å². The SMILES string of the molecule is CC1=NN(c2ccc(C)c(Cl)c2)C(=O)C1=NNc1cccc(-c2cccc(C(=O)O)c2O)c1. The van der Waals surface area contributed by atoms with E-state index in [4.69, 9.17) is 11.6 Å². The average Bonchev–Trinajstić information content (AvgIpc) is 3.07. The van der Waals surface area contributed by atoms with Crippen LogP contribution in [0, 0.1) is 6.92 Å². The molecule has 0 saturated heterocycles. The van der Waals surface area contributed by atoms with Crippen LogP contribution in [-0.4, -0.2) is 33.5 Å². The molecular weight excluding hydrogens is 444 g/mol. The molecule has 0 saturated carbocycles. The number of hydrazone groups is 2. The van der Waals surface area contributed by atoms with Crippen molar-refractivity contribution in [2.75, 3.05) is 10.4 Å². The number of carbonyl (C=O) groups excluding carboxylic acids is 1. The van der Waals surface area contributed by atoms with E-state index in [1.165, 1.54) is 11.1 Å². The van der Waals surface area contributed by atoms with E-state index in [9.17, 15) is 19.8 Å². The number of aromatic carboxylic acids is 1. The van der Waals surface area contributed by atoms with Crippen LogP contribution in [0.4, 0.5) is 11.4 Å². The number of halogens is 1. The molecule has 0 radical (unpaired) electrons. The highest BCUT2D eigenvalue weighted by Gasteiger charge is 2.31. The molecule has 3 aromatic rings. The van der Waals surface area contributed by atoms with Gasteiger partial charge >= 0.3 is 11.9 Å². The first-order valence-corrected chi connectivity index (χ1v) is 10.3. The van der Waals surface area contributed by atoms with Crippen molar-refractivity contribution < 1.29 is 19.8 Å². The summed E-state index contributed by atoms with van der Waals surface area (Å²) < 4.78 is 0. The molecule has 0 spiro atoms. The van der Waals surface area contributed by atoms with Crippen LogP contribution in [-0.2, 0) is 4.79 Å². The second-order valence-corrected chi connectivity index (χ2v) is 7.80. The zero-order valence-electron chi connectivity index (χ0n) is 17.7. The number of phenols is 1. The summed E-state index contributed by atoms with van der Waals surface area (Å²) in [6.45, 7) is 3.55. The maximum Gasteiger partial charge on any atom is 0.339 e. The number of carboxylic acids is 1. The fraction of sp³-hybridized carbons (Fsp3) is 0.0833. The van der Waals surface area contributed by atoms with Crippen LogP contribution in [0.3, 0.4) is 0 Å². The molecule has 0 fully saturated rings. The van der Waals surface area contributed by atoms with Gasteiger partial charge in [0.25, 0.3) is 0 Å². The van der Waals surface area contributed by atoms with Crippen LogP contribution in [0.15, 0.2) is 70.9 Å². The summed E-state index contributed by atoms with van der Waals surface area (Å²) in [4.78, 5) is 24.2. The van der Waals surface area contributed by atoms with Crippen molar-refractivity contribution in [3.63, 3.8) is 0 Å². The van der Waals surface area contributed by atoms with Crippen molar-refractivity contribution in [3.05, 3.63) is 76.8 Å². The predicted octanol–water partition coefficient (Wildman–Crippen LogP) is 4.91. The van der Waals surface area contributed by atoms with Gasteiger partial charge < -0.3 is 10.2 Å². The number of carbonyl (C=O) groups is 2. The van der Waals surface area contributed by atoms with Gasteiger partial charge in [0.2, 0.25) is 0 Å². The van der Waals surface area contributed by atoms with E-state index in [2.05, 4.69) is 15.6 Å². The van der Waals surface area contributed by atoms with Crippen molar-refractivity contribution in [2.24, 2.45) is 10.2 Å². The smallest absolute Gasteiger partial charge is 0.339 e. The van der Waals surface area contributed by atoms with Crippen LogP contribution < -0.4 is 10.4 Å². The van der Waals surface area contributed by atoms with Gasteiger partial charge in [0, 0.05) is 10.6 Å². The Bertz CT molecular complexity index is 1350. The van der Waals surface area contributed by atoms with Gasteiger partial charge in [-0.05, 0) is 55.3 Å². The third-order valence-electron chi connectivity index (χ3n) is 5.12. The highest BCUT2D eigenvalue weighted by molar-refractivity contribution is 6.71. The van der Waals surface area contributed by atoms with Crippen LogP contribution in [0.5, 0.6) is 5.75 Å². The predicted molar refractivity (Wildman–Crippen MR) is 128 cm³/mol. The molecule has 9 heteroatoms. The van der Waals surface area contributed by atoms with E-state index in [0.717, 1.165) is 5.56 Å². The summed E-state index contributed by atoms with van der Waals surface area (Å²) in [5, 5.41) is 29.9. The number of benzene rings is 3. The third kappa shape index (κ3) is 4.28. The van der Waals surface area contributed by atoms with Crippen LogP contribution in [0.1, 0.15) is 22.8 Å². The molecule has 3 N–H and O–H groups in total. The van der Waals surface area contributed by atoms with Crippen LogP contribution in [0.25, 0.3) is 11.1 Å². The number of nitrogens with one attached hydrogen (secondary N) is 1. The lowest BCUT2D eigenvalue weighted by molar-refractivity contribution is -0.112. The molecule has 33 heavy (non-hydrogen) atoms. The molecule has 0 atom stereocenters. The first-order valence-electron chi connectivity index (χ1n) is 9.92. The van der Waals surface area contributed by atoms with Gasteiger partial charge in [-0.15, -0.1) is 0 Å². The Kier molecular flexibility index (Phi) is 5.85. The molecule has 4 rings (SSSR count). The minimum atomic E-state index is -1.22. The standard InChI is InChI=1S/C24H19ClN4O4/c1-13-9-10-17(12-20(13)25)29-23(31)21(14(2)28-29)27-26-16-6-3-5-15(11-16)18-7-4-8-19(22(18)30)24(32)33/h3-12,26,30H,1-2H3,(H,32,33). The summed E-state index contributed by atoms with van der Waals surface area (Å²) in [5.74, 6) is -1.94. The maximum atomic E-state index is 12.9. The first kappa shape index (κ1) is 22.0. The Hall–Kier alpha value is -4.17. The number of carboxylic acid groups (broad SMARTS) is 1. The third-order valence-corrected chi connectivity index (χ3v) is 5.53. The first-order chi connectivity index (χ1) is 15.8. The fourth-order valence-corrected chi connectivity index (χ4v) is 3.52. The molecule has 1 heterocycles. The second-order valence-electron chi connectivity index (χ2n) is 7.40. The van der Waals surface area contributed by atoms with E-state index in [1.807, 2.05) is 13.0 Å². The Morgan fingerprint density at radius 1 is 1.09 bits per heavy atom. The summed E-state index contributed by atoms with van der Waals surface area (Å²) in [6, 6.07) is 16.6. The molecule has 0 unspecified atom stereocenters. The van der Waals surface area contributed by atoms with Gasteiger partial charge in [0.05, 0.1) is 17.1 Å². The van der Waals surface area contributed by atoms with E-state index in [0.29, 0.717) is 33.2 Å². The minimum Gasteiger partial charge on any atom is -0.506 e. The van der Waals surface area contributed by atoms with Gasteiger partial charge in [0.15, 0.2) is 5.71 Å². The number of nitrogens with zero attached hydrogens (tertiary/aromatic N) is 3. The fourth-order valence-electron chi connectivity index (χ4n) is 3.34. The van der Waals surface area contributed by atoms with Crippen molar-refractivity contribution in [1.29, 1.82) is 0 Å². The van der Waals surface area contributed by atoms with Crippen molar-refractivity contribution >= 4 is 46.3 Å². The number of para-hydroxylation sites is 1. The average molecular weight is 463 g/mol. The summed E-state index contributed by atoms with van der Waals surface area (Å²) in [5.41, 5.74) is 6.15. The second kappa shape index (κ2) is 8.76. The monoisotopic (exact) mass is 462 g/mol. The lowest BCUT2D eigenvalue weighted by Gasteiger charge is -2.12. The highest BCUT2D eigenvalue weighted by atomic mass is 35.5. The highest BCUT2D eigenvalue weighted by Crippen LogP contribution is 2.33. The number of rotatable bonds is 5. The van der Waals surface area contributed by atoms with Gasteiger partial charge in [-0.1, -0.05) is 41.9 Å². The Balaban J connectivity index is 1.59. The lowest BCUT2D eigenvalue weighted by Crippen LogP contribution is -2.28. The normalized spacial score (nSPS) is 14.5. The summed E-state index contributed by atoms with van der Waals surface area (Å²) >= 11 is 6.18. The molecule has 0 aromatic heterocycles. The van der Waals surface area contributed by atoms with Crippen molar-refractivity contribution in [1.82, 2.24) is 0 Å². The number of amides is 1. The number of hydrogen-bond donors (Lipinski definition) is 3. The molecule has 0 bridgehead atoms. The van der Waals surface area contributed by atoms with E-state index in [-0.39, 0.29) is 17.0 Å². The Morgan fingerprint density at radius 2 is 1.85 bits per heavy atom. The molecule has 1 aliphatic heterocycles. The molecule has 8 nitrogen and oxygen atoms in total. The molecular formula is C24H19ClN4O4. The van der Waals surface area contributed by atoms with Gasteiger partial charge in [-0.3, -0.25) is 10.2 Å². The van der Waals surface area contributed by atoms with Crippen LogP contribution >= 0.6 is 11.6 Å². The van der Waals surface area contributed by atoms with Crippen molar-refractivity contribution in [3.8, 4) is 16.9 Å². The zero-order chi connectivity index (χ0) is 23.7. The van der Waals surface area contributed by atoms with E-state index >= 15 is 0 Å². The molecule has 0 aliphatic carbocycles. The van der Waals surface area contributed by atoms with E-state index < -0.39 is 11.9 Å². The zero-order valence-corrected chi connectivity index (χ0v) is 18.5. The van der Waals surface area contributed by atoms with E-state index in [1.54, 1.807) is 55.5 Å². The molecule has 1 aliphatic rings. The summed E-state index contributed by atoms with van der Waals surface area (Å²) in [7, 11) is 0. The van der Waals surface area contributed by atoms with Crippen LogP contribution in [0.2, 0.25) is 5.02 Å². The molecule has 166 valence electrons. The van der Waals surface area contributed by atoms with Gasteiger partial charge in [-0.25, -0.2) is 4.79 Å². The van der Waals surface area contributed by atoms with Crippen molar-refractivity contribution in [2.45, 2.75) is 13.8 Å². The number of aromatic hydroxyl groups is 1. The Morgan fingerprint density at radius 3 is 2.58 bits per heavy atom. The number of aryl methyl sites for hydroxylation is 1. The number of hydrogen-bond acceptors (Lipinski definition) is 6. The minimum absolute atomic E-state index is 0.146.